The molecule has 0 saturated heterocycles. The van der Waals surface area contributed by atoms with Crippen LogP contribution >= 0.6 is 0 Å². The Morgan fingerprint density at radius 2 is 1.94 bits per heavy atom. The van der Waals surface area contributed by atoms with Crippen molar-refractivity contribution in [3.63, 3.8) is 0 Å². The van der Waals surface area contributed by atoms with Crippen LogP contribution in [0.4, 0.5) is 0 Å². The third kappa shape index (κ3) is 2.55. The van der Waals surface area contributed by atoms with Gasteiger partial charge in [0, 0.05) is 6.04 Å². The van der Waals surface area contributed by atoms with E-state index in [9.17, 15) is 0 Å². The van der Waals surface area contributed by atoms with Gasteiger partial charge in [-0.3, -0.25) is 0 Å². The Bertz CT molecular complexity index is 375. The lowest BCUT2D eigenvalue weighted by Crippen LogP contribution is -2.44. The monoisotopic (exact) mass is 231 g/mol. The quantitative estimate of drug-likeness (QED) is 0.817. The summed E-state index contributed by atoms with van der Waals surface area (Å²) < 4.78 is 0. The first-order valence-corrected chi connectivity index (χ1v) is 6.79. The van der Waals surface area contributed by atoms with Gasteiger partial charge in [0.25, 0.3) is 0 Å². The van der Waals surface area contributed by atoms with E-state index < -0.39 is 0 Å². The minimum absolute atomic E-state index is 0.309. The average Bonchev–Trinajstić information content (AvgIpc) is 2.28. The molecule has 0 spiro atoms. The van der Waals surface area contributed by atoms with Crippen LogP contribution in [0.2, 0.25) is 0 Å². The summed E-state index contributed by atoms with van der Waals surface area (Å²) in [4.78, 5) is 0. The number of hydrogen-bond donors (Lipinski definition) is 1. The number of fused-ring (bicyclic) bond motifs is 1. The first-order valence-electron chi connectivity index (χ1n) is 6.79. The first kappa shape index (κ1) is 12.6. The molecule has 1 N–H and O–H groups in total. The van der Waals surface area contributed by atoms with Crippen LogP contribution < -0.4 is 5.32 Å². The van der Waals surface area contributed by atoms with Gasteiger partial charge in [-0.05, 0) is 48.8 Å². The van der Waals surface area contributed by atoms with Gasteiger partial charge in [0.2, 0.25) is 0 Å². The van der Waals surface area contributed by atoms with Crippen LogP contribution in [-0.2, 0) is 6.42 Å². The Hall–Kier alpha value is -0.820. The lowest BCUT2D eigenvalue weighted by molar-refractivity contribution is 0.230. The second-order valence-corrected chi connectivity index (χ2v) is 6.33. The van der Waals surface area contributed by atoms with Crippen molar-refractivity contribution in [3.8, 4) is 0 Å². The lowest BCUT2D eigenvalue weighted by Gasteiger charge is -2.40. The lowest BCUT2D eigenvalue weighted by atomic mass is 9.70. The fourth-order valence-corrected chi connectivity index (χ4v) is 3.38. The first-order chi connectivity index (χ1) is 8.04. The van der Waals surface area contributed by atoms with Crippen molar-refractivity contribution in [3.05, 3.63) is 35.4 Å². The van der Waals surface area contributed by atoms with Crippen LogP contribution in [0.1, 0.15) is 50.7 Å². The molecule has 1 heteroatoms. The topological polar surface area (TPSA) is 12.0 Å². The Morgan fingerprint density at radius 1 is 1.24 bits per heavy atom. The highest BCUT2D eigenvalue weighted by Gasteiger charge is 2.34. The van der Waals surface area contributed by atoms with E-state index in [-0.39, 0.29) is 0 Å². The van der Waals surface area contributed by atoms with Gasteiger partial charge >= 0.3 is 0 Å². The molecule has 2 rings (SSSR count). The molecule has 1 aromatic rings. The number of aryl methyl sites for hydroxylation is 1. The highest BCUT2D eigenvalue weighted by Crippen LogP contribution is 2.39. The van der Waals surface area contributed by atoms with E-state index in [1.807, 2.05) is 0 Å². The molecule has 1 aromatic carbocycles. The van der Waals surface area contributed by atoms with Crippen LogP contribution in [0.3, 0.4) is 0 Å². The molecule has 1 nitrogen and oxygen atoms in total. The van der Waals surface area contributed by atoms with E-state index in [0.29, 0.717) is 17.4 Å². The molecule has 17 heavy (non-hydrogen) atoms. The van der Waals surface area contributed by atoms with Crippen molar-refractivity contribution in [2.75, 3.05) is 7.05 Å². The van der Waals surface area contributed by atoms with Gasteiger partial charge in [0.1, 0.15) is 0 Å². The maximum atomic E-state index is 3.55. The number of hydrogen-bond acceptors (Lipinski definition) is 1. The molecule has 94 valence electrons. The molecular formula is C16H25N. The molecule has 1 aliphatic carbocycles. The van der Waals surface area contributed by atoms with Crippen molar-refractivity contribution in [1.82, 2.24) is 5.32 Å². The summed E-state index contributed by atoms with van der Waals surface area (Å²) in [6, 6.07) is 9.55. The van der Waals surface area contributed by atoms with Gasteiger partial charge in [-0.2, -0.15) is 0 Å². The van der Waals surface area contributed by atoms with Crippen molar-refractivity contribution < 1.29 is 0 Å². The van der Waals surface area contributed by atoms with Gasteiger partial charge < -0.3 is 5.32 Å². The van der Waals surface area contributed by atoms with Gasteiger partial charge in [-0.25, -0.2) is 0 Å². The minimum Gasteiger partial charge on any atom is -0.316 e. The van der Waals surface area contributed by atoms with Gasteiger partial charge in [-0.15, -0.1) is 0 Å². The predicted octanol–water partition coefficient (Wildman–Crippen LogP) is 3.74. The van der Waals surface area contributed by atoms with Gasteiger partial charge in [0.15, 0.2) is 0 Å². The van der Waals surface area contributed by atoms with Crippen LogP contribution in [0.5, 0.6) is 0 Å². The van der Waals surface area contributed by atoms with Crippen LogP contribution in [0.25, 0.3) is 0 Å². The fourth-order valence-electron chi connectivity index (χ4n) is 3.38. The van der Waals surface area contributed by atoms with Gasteiger partial charge in [0.05, 0.1) is 0 Å². The van der Waals surface area contributed by atoms with E-state index in [1.165, 1.54) is 19.3 Å². The third-order valence-electron chi connectivity index (χ3n) is 4.06. The van der Waals surface area contributed by atoms with Crippen molar-refractivity contribution in [2.45, 2.75) is 52.0 Å². The molecule has 2 atom stereocenters. The summed E-state index contributed by atoms with van der Waals surface area (Å²) in [5.74, 6) is 0.671. The minimum atomic E-state index is 0.309. The fraction of sp³-hybridized carbons (Fsp3) is 0.625. The van der Waals surface area contributed by atoms with Crippen molar-refractivity contribution in [2.24, 2.45) is 5.41 Å². The number of nitrogens with one attached hydrogen (secondary N) is 1. The van der Waals surface area contributed by atoms with Crippen LogP contribution in [0.15, 0.2) is 24.3 Å². The maximum Gasteiger partial charge on any atom is 0.0181 e. The van der Waals surface area contributed by atoms with Crippen molar-refractivity contribution >= 4 is 0 Å². The number of benzene rings is 1. The molecule has 0 bridgehead atoms. The van der Waals surface area contributed by atoms with E-state index in [1.54, 1.807) is 11.1 Å². The Labute approximate surface area is 106 Å². The molecule has 2 unspecified atom stereocenters. The van der Waals surface area contributed by atoms with E-state index in [2.05, 4.69) is 57.4 Å². The SMILES string of the molecule is CNC(C1CCCc2ccccc21)C(C)(C)C. The Morgan fingerprint density at radius 3 is 2.59 bits per heavy atom. The van der Waals surface area contributed by atoms with Crippen LogP contribution in [-0.4, -0.2) is 13.1 Å². The molecule has 0 aliphatic heterocycles. The van der Waals surface area contributed by atoms with E-state index >= 15 is 0 Å². The maximum absolute atomic E-state index is 3.55. The summed E-state index contributed by atoms with van der Waals surface area (Å²) in [5.41, 5.74) is 3.45. The molecule has 0 heterocycles. The molecule has 0 radical (unpaired) electrons. The smallest absolute Gasteiger partial charge is 0.0181 e. The summed E-state index contributed by atoms with van der Waals surface area (Å²) in [7, 11) is 2.10. The standard InChI is InChI=1S/C16H25N/c1-16(2,3)15(17-4)14-11-7-9-12-8-5-6-10-13(12)14/h5-6,8,10,14-15,17H,7,9,11H2,1-4H3. The normalized spacial score (nSPS) is 22.0. The molecule has 0 amide bonds. The zero-order valence-electron chi connectivity index (χ0n) is 11.6. The van der Waals surface area contributed by atoms with Crippen LogP contribution in [0, 0.1) is 5.41 Å². The highest BCUT2D eigenvalue weighted by molar-refractivity contribution is 5.34. The molecular weight excluding hydrogens is 206 g/mol. The summed E-state index contributed by atoms with van der Waals surface area (Å²) in [6.45, 7) is 7.02. The summed E-state index contributed by atoms with van der Waals surface area (Å²) in [5, 5.41) is 3.55. The number of likely N-dealkylation sites (N-methyl/N-ethyl adjacent to an activating group) is 1. The van der Waals surface area contributed by atoms with Crippen molar-refractivity contribution in [1.29, 1.82) is 0 Å². The molecule has 1 aliphatic rings. The second kappa shape index (κ2) is 4.81. The zero-order chi connectivity index (χ0) is 12.5. The largest absolute Gasteiger partial charge is 0.316 e. The Kier molecular flexibility index (Phi) is 3.58. The third-order valence-corrected chi connectivity index (χ3v) is 4.06. The van der Waals surface area contributed by atoms with Gasteiger partial charge in [-0.1, -0.05) is 45.0 Å². The molecule has 0 aromatic heterocycles. The predicted molar refractivity (Wildman–Crippen MR) is 74.4 cm³/mol. The zero-order valence-corrected chi connectivity index (χ0v) is 11.6. The second-order valence-electron chi connectivity index (χ2n) is 6.33. The summed E-state index contributed by atoms with van der Waals surface area (Å²) >= 11 is 0. The highest BCUT2D eigenvalue weighted by atomic mass is 14.9. The number of rotatable bonds is 2. The Balaban J connectivity index is 2.34. The molecule has 0 fully saturated rings. The molecule has 0 saturated carbocycles. The average molecular weight is 231 g/mol. The van der Waals surface area contributed by atoms with E-state index in [4.69, 9.17) is 0 Å². The summed E-state index contributed by atoms with van der Waals surface area (Å²) in [6.07, 6.45) is 3.91. The van der Waals surface area contributed by atoms with E-state index in [0.717, 1.165) is 0 Å².